The van der Waals surface area contributed by atoms with Crippen LogP contribution in [-0.2, 0) is 9.59 Å². The molecule has 0 saturated carbocycles. The van der Waals surface area contributed by atoms with Gasteiger partial charge in [-0.05, 0) is 60.9 Å². The Labute approximate surface area is 200 Å². The third kappa shape index (κ3) is 4.60. The van der Waals surface area contributed by atoms with Gasteiger partial charge in [-0.25, -0.2) is 0 Å². The number of nitrogens with zero attached hydrogens (tertiary/aromatic N) is 1. The lowest BCUT2D eigenvalue weighted by Gasteiger charge is -2.26. The Bertz CT molecular complexity index is 1200. The summed E-state index contributed by atoms with van der Waals surface area (Å²) in [5, 5.41) is 11.3. The van der Waals surface area contributed by atoms with E-state index in [1.165, 1.54) is 4.90 Å². The van der Waals surface area contributed by atoms with Crippen molar-refractivity contribution in [3.63, 3.8) is 0 Å². The summed E-state index contributed by atoms with van der Waals surface area (Å²) in [7, 11) is 0. The minimum atomic E-state index is -0.728. The Morgan fingerprint density at radius 1 is 0.912 bits per heavy atom. The van der Waals surface area contributed by atoms with E-state index < -0.39 is 17.7 Å². The number of rotatable bonds is 8. The average Bonchev–Trinajstić information content (AvgIpc) is 3.13. The van der Waals surface area contributed by atoms with Gasteiger partial charge < -0.3 is 9.84 Å². The molecule has 5 heteroatoms. The Morgan fingerprint density at radius 3 is 2.26 bits per heavy atom. The number of aryl methyl sites for hydroxylation is 1. The molecule has 4 rings (SSSR count). The quantitative estimate of drug-likeness (QED) is 0.190. The van der Waals surface area contributed by atoms with Crippen LogP contribution in [0.2, 0.25) is 0 Å². The molecule has 0 spiro atoms. The number of Topliss-reactive ketones (excluding diaryl/α,β-unsaturated/α-hetero) is 1. The molecule has 1 N–H and O–H groups in total. The third-order valence-corrected chi connectivity index (χ3v) is 6.11. The fourth-order valence-electron chi connectivity index (χ4n) is 4.28. The van der Waals surface area contributed by atoms with E-state index in [1.807, 2.05) is 49.4 Å². The van der Waals surface area contributed by atoms with E-state index in [9.17, 15) is 14.7 Å². The number of ketones is 1. The summed E-state index contributed by atoms with van der Waals surface area (Å²) in [6.07, 6.45) is 3.22. The van der Waals surface area contributed by atoms with Crippen LogP contribution in [0.4, 0.5) is 5.69 Å². The normalized spacial score (nSPS) is 17.2. The zero-order valence-corrected chi connectivity index (χ0v) is 19.5. The van der Waals surface area contributed by atoms with Gasteiger partial charge in [-0.15, -0.1) is 0 Å². The molecule has 1 heterocycles. The van der Waals surface area contributed by atoms with Crippen LogP contribution in [0, 0.1) is 6.92 Å². The predicted molar refractivity (Wildman–Crippen MR) is 134 cm³/mol. The second-order valence-electron chi connectivity index (χ2n) is 8.44. The van der Waals surface area contributed by atoms with Gasteiger partial charge in [-0.2, -0.15) is 0 Å². The molecule has 1 aliphatic heterocycles. The minimum absolute atomic E-state index is 0.0831. The zero-order valence-electron chi connectivity index (χ0n) is 19.5. The highest BCUT2D eigenvalue weighted by molar-refractivity contribution is 6.51. The molecular weight excluding hydrogens is 426 g/mol. The van der Waals surface area contributed by atoms with E-state index >= 15 is 0 Å². The fraction of sp³-hybridized carbons (Fsp3) is 0.241. The maximum absolute atomic E-state index is 13.2. The van der Waals surface area contributed by atoms with Gasteiger partial charge in [0.05, 0.1) is 18.2 Å². The number of benzene rings is 3. The van der Waals surface area contributed by atoms with Crippen LogP contribution in [-0.4, -0.2) is 23.4 Å². The molecular formula is C29H29NO4. The highest BCUT2D eigenvalue weighted by Gasteiger charge is 2.47. The Hall–Kier alpha value is -3.86. The van der Waals surface area contributed by atoms with Gasteiger partial charge in [0.15, 0.2) is 0 Å². The van der Waals surface area contributed by atoms with Crippen LogP contribution in [0.25, 0.3) is 5.76 Å². The van der Waals surface area contributed by atoms with E-state index in [4.69, 9.17) is 4.74 Å². The third-order valence-electron chi connectivity index (χ3n) is 6.11. The summed E-state index contributed by atoms with van der Waals surface area (Å²) < 4.78 is 5.76. The number of carbonyl (C=O) groups excluding carboxylic acids is 2. The summed E-state index contributed by atoms with van der Waals surface area (Å²) >= 11 is 0. The second kappa shape index (κ2) is 10.4. The predicted octanol–water partition coefficient (Wildman–Crippen LogP) is 6.19. The van der Waals surface area contributed by atoms with Crippen molar-refractivity contribution in [2.24, 2.45) is 0 Å². The molecule has 0 aromatic heterocycles. The molecule has 0 radical (unpaired) electrons. The van der Waals surface area contributed by atoms with Crippen molar-refractivity contribution in [1.29, 1.82) is 0 Å². The molecule has 3 aromatic rings. The Balaban J connectivity index is 1.76. The van der Waals surface area contributed by atoms with Gasteiger partial charge in [0.25, 0.3) is 11.7 Å². The monoisotopic (exact) mass is 455 g/mol. The summed E-state index contributed by atoms with van der Waals surface area (Å²) in [5.41, 5.74) is 2.87. The number of hydrogen-bond donors (Lipinski definition) is 1. The maximum Gasteiger partial charge on any atom is 0.300 e. The number of aliphatic hydroxyl groups is 1. The van der Waals surface area contributed by atoms with E-state index in [0.29, 0.717) is 23.6 Å². The van der Waals surface area contributed by atoms with Crippen molar-refractivity contribution in [3.05, 3.63) is 101 Å². The van der Waals surface area contributed by atoms with E-state index in [1.54, 1.807) is 36.4 Å². The fourth-order valence-corrected chi connectivity index (χ4v) is 4.28. The lowest BCUT2D eigenvalue weighted by molar-refractivity contribution is -0.132. The first-order chi connectivity index (χ1) is 16.5. The number of carbonyl (C=O) groups is 2. The minimum Gasteiger partial charge on any atom is -0.507 e. The first-order valence-corrected chi connectivity index (χ1v) is 11.7. The molecule has 3 aromatic carbocycles. The highest BCUT2D eigenvalue weighted by atomic mass is 16.5. The number of aliphatic hydroxyl groups excluding tert-OH is 1. The van der Waals surface area contributed by atoms with Crippen molar-refractivity contribution < 1.29 is 19.4 Å². The number of anilines is 1. The molecule has 34 heavy (non-hydrogen) atoms. The van der Waals surface area contributed by atoms with Crippen LogP contribution in [0.15, 0.2) is 84.4 Å². The van der Waals surface area contributed by atoms with Gasteiger partial charge in [0.2, 0.25) is 0 Å². The molecule has 174 valence electrons. The van der Waals surface area contributed by atoms with Gasteiger partial charge >= 0.3 is 0 Å². The van der Waals surface area contributed by atoms with Gasteiger partial charge in [0, 0.05) is 11.3 Å². The first kappa shape index (κ1) is 23.3. The smallest absolute Gasteiger partial charge is 0.300 e. The van der Waals surface area contributed by atoms with E-state index in [0.717, 1.165) is 30.4 Å². The van der Waals surface area contributed by atoms with Gasteiger partial charge in [-0.3, -0.25) is 14.5 Å². The highest BCUT2D eigenvalue weighted by Crippen LogP contribution is 2.43. The van der Waals surface area contributed by atoms with Crippen molar-refractivity contribution in [2.45, 2.75) is 39.2 Å². The number of unbranched alkanes of at least 4 members (excludes halogenated alkanes) is 2. The van der Waals surface area contributed by atoms with E-state index in [-0.39, 0.29) is 11.3 Å². The van der Waals surface area contributed by atoms with Crippen LogP contribution < -0.4 is 9.64 Å². The molecule has 1 amide bonds. The van der Waals surface area contributed by atoms with Crippen molar-refractivity contribution in [2.75, 3.05) is 11.5 Å². The molecule has 1 saturated heterocycles. The average molecular weight is 456 g/mol. The standard InChI is InChI=1S/C29H29NO4/c1-3-4-10-19-34-23-17-15-21(16-18-23)27(31)25-26(24-14-9-8-11-20(24)2)30(29(33)28(25)32)22-12-6-5-7-13-22/h5-9,11-18,26,31H,3-4,10,19H2,1-2H3/b27-25-. The van der Waals surface area contributed by atoms with Crippen LogP contribution in [0.5, 0.6) is 5.75 Å². The van der Waals surface area contributed by atoms with Crippen LogP contribution in [0.3, 0.4) is 0 Å². The van der Waals surface area contributed by atoms with Crippen molar-refractivity contribution >= 4 is 23.1 Å². The van der Waals surface area contributed by atoms with Gasteiger partial charge in [-0.1, -0.05) is 62.2 Å². The molecule has 1 unspecified atom stereocenters. The topological polar surface area (TPSA) is 66.8 Å². The van der Waals surface area contributed by atoms with Crippen LogP contribution >= 0.6 is 0 Å². The number of ether oxygens (including phenoxy) is 1. The zero-order chi connectivity index (χ0) is 24.1. The number of para-hydroxylation sites is 1. The number of amides is 1. The molecule has 1 fully saturated rings. The molecule has 1 aliphatic rings. The molecule has 0 aliphatic carbocycles. The van der Waals surface area contributed by atoms with Crippen molar-refractivity contribution in [1.82, 2.24) is 0 Å². The van der Waals surface area contributed by atoms with Crippen LogP contribution in [0.1, 0.15) is 48.9 Å². The Kier molecular flexibility index (Phi) is 7.12. The molecule has 1 atom stereocenters. The summed E-state index contributed by atoms with van der Waals surface area (Å²) in [4.78, 5) is 27.9. The molecule has 5 nitrogen and oxygen atoms in total. The largest absolute Gasteiger partial charge is 0.507 e. The van der Waals surface area contributed by atoms with E-state index in [2.05, 4.69) is 6.92 Å². The summed E-state index contributed by atoms with van der Waals surface area (Å²) in [6.45, 7) is 4.71. The lowest BCUT2D eigenvalue weighted by atomic mass is 9.92. The number of hydrogen-bond acceptors (Lipinski definition) is 4. The summed E-state index contributed by atoms with van der Waals surface area (Å²) in [6, 6.07) is 23.0. The van der Waals surface area contributed by atoms with Crippen molar-refractivity contribution in [3.8, 4) is 5.75 Å². The Morgan fingerprint density at radius 2 is 1.59 bits per heavy atom. The van der Waals surface area contributed by atoms with Gasteiger partial charge in [0.1, 0.15) is 11.5 Å². The summed E-state index contributed by atoms with van der Waals surface area (Å²) in [5.74, 6) is -0.846. The first-order valence-electron chi connectivity index (χ1n) is 11.7. The lowest BCUT2D eigenvalue weighted by Crippen LogP contribution is -2.29. The second-order valence-corrected chi connectivity index (χ2v) is 8.44. The maximum atomic E-state index is 13.2. The SMILES string of the molecule is CCCCCOc1ccc(/C(O)=C2/C(=O)C(=O)N(c3ccccc3)C2c2ccccc2C)cc1. The molecule has 0 bridgehead atoms.